The Bertz CT molecular complexity index is 1180. The van der Waals surface area contributed by atoms with Crippen LogP contribution in [0.3, 0.4) is 0 Å². The van der Waals surface area contributed by atoms with Crippen LogP contribution in [-0.4, -0.2) is 36.1 Å². The Balaban J connectivity index is 1.52. The average Bonchev–Trinajstić information content (AvgIpc) is 2.87. The van der Waals surface area contributed by atoms with Crippen molar-refractivity contribution in [1.29, 1.82) is 0 Å². The molecule has 1 fully saturated rings. The summed E-state index contributed by atoms with van der Waals surface area (Å²) in [6.07, 6.45) is 6.34. The van der Waals surface area contributed by atoms with Crippen LogP contribution < -0.4 is 25.0 Å². The summed E-state index contributed by atoms with van der Waals surface area (Å²) in [6.45, 7) is 5.55. The summed E-state index contributed by atoms with van der Waals surface area (Å²) in [7, 11) is 1.63. The lowest BCUT2D eigenvalue weighted by molar-refractivity contribution is -0.111. The molecule has 2 heterocycles. The molecular weight excluding hydrogens is 454 g/mol. The number of benzene rings is 2. The first kappa shape index (κ1) is 23.4. The van der Waals surface area contributed by atoms with Gasteiger partial charge in [-0.25, -0.2) is 4.98 Å². The molecule has 1 amide bonds. The van der Waals surface area contributed by atoms with Crippen LogP contribution in [-0.2, 0) is 4.79 Å². The largest absolute Gasteiger partial charge is 0.494 e. The third-order valence-electron chi connectivity index (χ3n) is 5.37. The molecule has 0 atom stereocenters. The number of halogens is 1. The third kappa shape index (κ3) is 5.77. The number of anilines is 4. The Morgan fingerprint density at radius 2 is 2.00 bits per heavy atom. The summed E-state index contributed by atoms with van der Waals surface area (Å²) in [5.41, 5.74) is 2.42. The second-order valence-corrected chi connectivity index (χ2v) is 8.13. The Labute approximate surface area is 203 Å². The number of carbonyl (C=O) groups excluding carboxylic acids is 1. The standard InChI is InChI=1S/C25H26ClN5O3/c1-3-23(32)28-17-8-7-9-19(14-17)34-24-20(26)16-27-25(30-24)29-21-11-10-18(15-22(21)33-2)31-12-5-4-6-13-31/h3,7-11,14-16H,1,4-6,12-13H2,2H3,(H,28,32)(H,27,29,30). The van der Waals surface area contributed by atoms with Crippen molar-refractivity contribution in [1.82, 2.24) is 9.97 Å². The summed E-state index contributed by atoms with van der Waals surface area (Å²) in [6, 6.07) is 12.9. The molecule has 0 spiro atoms. The molecule has 1 aliphatic rings. The van der Waals surface area contributed by atoms with E-state index < -0.39 is 0 Å². The minimum atomic E-state index is -0.316. The Hall–Kier alpha value is -3.78. The second kappa shape index (κ2) is 10.9. The number of carbonyl (C=O) groups is 1. The smallest absolute Gasteiger partial charge is 0.247 e. The van der Waals surface area contributed by atoms with Gasteiger partial charge in [-0.3, -0.25) is 4.79 Å². The predicted molar refractivity (Wildman–Crippen MR) is 135 cm³/mol. The summed E-state index contributed by atoms with van der Waals surface area (Å²) in [4.78, 5) is 22.6. The van der Waals surface area contributed by atoms with E-state index >= 15 is 0 Å². The molecule has 2 N–H and O–H groups in total. The molecule has 0 unspecified atom stereocenters. The summed E-state index contributed by atoms with van der Waals surface area (Å²) in [5, 5.41) is 6.11. The van der Waals surface area contributed by atoms with Crippen LogP contribution in [0.2, 0.25) is 5.02 Å². The zero-order valence-corrected chi connectivity index (χ0v) is 19.6. The van der Waals surface area contributed by atoms with Gasteiger partial charge in [0, 0.05) is 36.6 Å². The molecule has 8 nitrogen and oxygen atoms in total. The lowest BCUT2D eigenvalue weighted by atomic mass is 10.1. The van der Waals surface area contributed by atoms with Crippen LogP contribution >= 0.6 is 11.6 Å². The number of hydrogen-bond acceptors (Lipinski definition) is 7. The number of ether oxygens (including phenoxy) is 2. The van der Waals surface area contributed by atoms with Gasteiger partial charge >= 0.3 is 0 Å². The van der Waals surface area contributed by atoms with Crippen LogP contribution in [0.5, 0.6) is 17.4 Å². The van der Waals surface area contributed by atoms with Crippen LogP contribution in [0.15, 0.2) is 61.3 Å². The summed E-state index contributed by atoms with van der Waals surface area (Å²) < 4.78 is 11.5. The van der Waals surface area contributed by atoms with Gasteiger partial charge in [0.1, 0.15) is 16.5 Å². The number of nitrogens with one attached hydrogen (secondary N) is 2. The maximum Gasteiger partial charge on any atom is 0.247 e. The topological polar surface area (TPSA) is 88.6 Å². The molecule has 0 radical (unpaired) electrons. The lowest BCUT2D eigenvalue weighted by Gasteiger charge is -2.29. The van der Waals surface area contributed by atoms with Crippen molar-refractivity contribution in [2.75, 3.05) is 35.7 Å². The normalized spacial score (nSPS) is 13.2. The van der Waals surface area contributed by atoms with Crippen molar-refractivity contribution in [2.24, 2.45) is 0 Å². The van der Waals surface area contributed by atoms with E-state index in [1.54, 1.807) is 31.4 Å². The fourth-order valence-corrected chi connectivity index (χ4v) is 3.81. The quantitative estimate of drug-likeness (QED) is 0.395. The zero-order valence-electron chi connectivity index (χ0n) is 18.9. The van der Waals surface area contributed by atoms with Gasteiger partial charge in [0.2, 0.25) is 17.7 Å². The number of aromatic nitrogens is 2. The van der Waals surface area contributed by atoms with Gasteiger partial charge < -0.3 is 25.0 Å². The molecule has 1 saturated heterocycles. The molecule has 4 rings (SSSR count). The van der Waals surface area contributed by atoms with Gasteiger partial charge in [-0.05, 0) is 49.6 Å². The van der Waals surface area contributed by atoms with Gasteiger partial charge in [0.15, 0.2) is 0 Å². The van der Waals surface area contributed by atoms with Crippen molar-refractivity contribution in [3.63, 3.8) is 0 Å². The van der Waals surface area contributed by atoms with Crippen LogP contribution in [0, 0.1) is 0 Å². The van der Waals surface area contributed by atoms with E-state index in [9.17, 15) is 4.79 Å². The number of nitrogens with zero attached hydrogens (tertiary/aromatic N) is 3. The maximum atomic E-state index is 11.6. The zero-order chi connectivity index (χ0) is 23.9. The van der Waals surface area contributed by atoms with Crippen molar-refractivity contribution in [2.45, 2.75) is 19.3 Å². The summed E-state index contributed by atoms with van der Waals surface area (Å²) in [5.74, 6) is 1.31. The van der Waals surface area contributed by atoms with Crippen molar-refractivity contribution < 1.29 is 14.3 Å². The molecule has 1 aromatic heterocycles. The van der Waals surface area contributed by atoms with E-state index in [2.05, 4.69) is 38.1 Å². The van der Waals surface area contributed by atoms with E-state index in [1.165, 1.54) is 31.5 Å². The average molecular weight is 480 g/mol. The molecule has 0 bridgehead atoms. The van der Waals surface area contributed by atoms with Gasteiger partial charge in [0.25, 0.3) is 0 Å². The number of hydrogen-bond donors (Lipinski definition) is 2. The Morgan fingerprint density at radius 3 is 2.76 bits per heavy atom. The van der Waals surface area contributed by atoms with Gasteiger partial charge in [-0.1, -0.05) is 24.2 Å². The fraction of sp³-hybridized carbons (Fsp3) is 0.240. The van der Waals surface area contributed by atoms with E-state index in [0.29, 0.717) is 23.1 Å². The summed E-state index contributed by atoms with van der Waals surface area (Å²) >= 11 is 6.27. The van der Waals surface area contributed by atoms with Crippen LogP contribution in [0.4, 0.5) is 23.0 Å². The van der Waals surface area contributed by atoms with E-state index in [1.807, 2.05) is 12.1 Å². The van der Waals surface area contributed by atoms with Crippen molar-refractivity contribution in [3.8, 4) is 17.4 Å². The maximum absolute atomic E-state index is 11.6. The first-order valence-electron chi connectivity index (χ1n) is 11.0. The van der Waals surface area contributed by atoms with Gasteiger partial charge in [-0.2, -0.15) is 4.98 Å². The highest BCUT2D eigenvalue weighted by molar-refractivity contribution is 6.31. The van der Waals surface area contributed by atoms with Crippen LogP contribution in [0.1, 0.15) is 19.3 Å². The number of amides is 1. The minimum Gasteiger partial charge on any atom is -0.494 e. The van der Waals surface area contributed by atoms with Gasteiger partial charge in [0.05, 0.1) is 19.0 Å². The van der Waals surface area contributed by atoms with E-state index in [-0.39, 0.29) is 16.8 Å². The molecule has 3 aromatic rings. The molecule has 2 aromatic carbocycles. The SMILES string of the molecule is C=CC(=O)Nc1cccc(Oc2nc(Nc3ccc(N4CCCCC4)cc3OC)ncc2Cl)c1. The van der Waals surface area contributed by atoms with Gasteiger partial charge in [-0.15, -0.1) is 0 Å². The number of rotatable bonds is 8. The number of piperidine rings is 1. The van der Waals surface area contributed by atoms with Crippen molar-refractivity contribution in [3.05, 3.63) is 66.3 Å². The first-order valence-corrected chi connectivity index (χ1v) is 11.4. The van der Waals surface area contributed by atoms with E-state index in [4.69, 9.17) is 21.1 Å². The molecule has 34 heavy (non-hydrogen) atoms. The monoisotopic (exact) mass is 479 g/mol. The highest BCUT2D eigenvalue weighted by atomic mass is 35.5. The molecule has 9 heteroatoms. The molecule has 176 valence electrons. The second-order valence-electron chi connectivity index (χ2n) is 7.73. The minimum absolute atomic E-state index is 0.176. The molecular formula is C25H26ClN5O3. The van der Waals surface area contributed by atoms with Crippen molar-refractivity contribution >= 4 is 40.5 Å². The highest BCUT2D eigenvalue weighted by Gasteiger charge is 2.15. The molecule has 0 saturated carbocycles. The lowest BCUT2D eigenvalue weighted by Crippen LogP contribution is -2.29. The fourth-order valence-electron chi connectivity index (χ4n) is 3.68. The Kier molecular flexibility index (Phi) is 7.49. The highest BCUT2D eigenvalue weighted by Crippen LogP contribution is 2.34. The van der Waals surface area contributed by atoms with E-state index in [0.717, 1.165) is 24.5 Å². The number of methoxy groups -OCH3 is 1. The third-order valence-corrected chi connectivity index (χ3v) is 5.63. The van der Waals surface area contributed by atoms with Crippen LogP contribution in [0.25, 0.3) is 0 Å². The first-order chi connectivity index (χ1) is 16.6. The Morgan fingerprint density at radius 1 is 1.18 bits per heavy atom. The predicted octanol–water partition coefficient (Wildman–Crippen LogP) is 5.79. The molecule has 0 aliphatic carbocycles. The molecule has 1 aliphatic heterocycles.